The molecule has 0 bridgehead atoms. The van der Waals surface area contributed by atoms with Crippen molar-refractivity contribution in [2.75, 3.05) is 39.5 Å². The van der Waals surface area contributed by atoms with Crippen molar-refractivity contribution < 1.29 is 34.1 Å². The number of amides is 3. The van der Waals surface area contributed by atoms with Crippen LogP contribution in [0.1, 0.15) is 37.7 Å². The number of aliphatic hydroxyl groups is 2. The van der Waals surface area contributed by atoms with Gasteiger partial charge in [-0.3, -0.25) is 9.59 Å². The highest BCUT2D eigenvalue weighted by molar-refractivity contribution is 5.86. The number of aliphatic hydroxyl groups excluding tert-OH is 2. The fraction of sp³-hybridized carbons (Fsp3) is 0.560. The summed E-state index contributed by atoms with van der Waals surface area (Å²) in [6.45, 7) is 4.72. The van der Waals surface area contributed by atoms with Gasteiger partial charge in [0.15, 0.2) is 0 Å². The van der Waals surface area contributed by atoms with Gasteiger partial charge < -0.3 is 35.6 Å². The number of nitrogens with one attached hydrogen (secondary N) is 3. The number of hydrogen-bond donors (Lipinski definition) is 5. The van der Waals surface area contributed by atoms with E-state index in [1.807, 2.05) is 30.3 Å². The molecular formula is C25H39N3O7. The molecule has 0 fully saturated rings. The predicted octanol–water partition coefficient (Wildman–Crippen LogP) is 1.27. The van der Waals surface area contributed by atoms with E-state index >= 15 is 0 Å². The maximum absolute atomic E-state index is 12.6. The number of unbranched alkanes of at least 4 members (excludes halogenated alkanes) is 1. The molecule has 10 heteroatoms. The molecule has 0 radical (unpaired) electrons. The molecule has 5 N–H and O–H groups in total. The Balaban J connectivity index is 2.27. The number of rotatable bonds is 19. The van der Waals surface area contributed by atoms with Gasteiger partial charge in [-0.15, -0.1) is 6.58 Å². The Morgan fingerprint density at radius 1 is 1.03 bits per heavy atom. The van der Waals surface area contributed by atoms with Crippen molar-refractivity contribution in [3.8, 4) is 0 Å². The second kappa shape index (κ2) is 19.4. The topological polar surface area (TPSA) is 146 Å². The Kier molecular flexibility index (Phi) is 16.6. The molecule has 0 saturated heterocycles. The number of ether oxygens (including phenoxy) is 2. The van der Waals surface area contributed by atoms with Crippen molar-refractivity contribution in [3.05, 3.63) is 48.6 Å². The summed E-state index contributed by atoms with van der Waals surface area (Å²) in [5.41, 5.74) is 0.906. The zero-order valence-corrected chi connectivity index (χ0v) is 20.2. The minimum atomic E-state index is -0.596. The largest absolute Gasteiger partial charge is 0.445 e. The van der Waals surface area contributed by atoms with E-state index in [9.17, 15) is 19.5 Å². The van der Waals surface area contributed by atoms with Crippen LogP contribution in [0.5, 0.6) is 0 Å². The number of hydrogen-bond acceptors (Lipinski definition) is 7. The van der Waals surface area contributed by atoms with Crippen LogP contribution in [0, 0.1) is 5.92 Å². The summed E-state index contributed by atoms with van der Waals surface area (Å²) in [7, 11) is 0. The first-order valence-corrected chi connectivity index (χ1v) is 11.9. The molecule has 196 valence electrons. The summed E-state index contributed by atoms with van der Waals surface area (Å²) in [6, 6.07) is 8.94. The molecule has 0 spiro atoms. The van der Waals surface area contributed by atoms with Crippen LogP contribution in [-0.4, -0.2) is 73.7 Å². The van der Waals surface area contributed by atoms with Gasteiger partial charge >= 0.3 is 6.09 Å². The minimum absolute atomic E-state index is 0.00891. The average Bonchev–Trinajstić information content (AvgIpc) is 2.86. The van der Waals surface area contributed by atoms with Gasteiger partial charge in [-0.25, -0.2) is 4.79 Å². The maximum atomic E-state index is 12.6. The highest BCUT2D eigenvalue weighted by atomic mass is 16.5. The van der Waals surface area contributed by atoms with Gasteiger partial charge in [-0.05, 0) is 31.2 Å². The Labute approximate surface area is 207 Å². The lowest BCUT2D eigenvalue weighted by Gasteiger charge is -2.21. The molecular weight excluding hydrogens is 454 g/mol. The summed E-state index contributed by atoms with van der Waals surface area (Å²) in [6.07, 6.45) is 3.26. The number of benzene rings is 1. The summed E-state index contributed by atoms with van der Waals surface area (Å²) in [4.78, 5) is 36.5. The zero-order chi connectivity index (χ0) is 25.7. The number of alkyl carbamates (subject to hydrolysis) is 1. The normalized spacial score (nSPS) is 12.3. The lowest BCUT2D eigenvalue weighted by Crippen LogP contribution is -2.42. The third-order valence-corrected chi connectivity index (χ3v) is 5.09. The van der Waals surface area contributed by atoms with Crippen molar-refractivity contribution in [2.24, 2.45) is 5.92 Å². The van der Waals surface area contributed by atoms with E-state index in [0.29, 0.717) is 32.2 Å². The Morgan fingerprint density at radius 3 is 2.49 bits per heavy atom. The highest BCUT2D eigenvalue weighted by Crippen LogP contribution is 2.11. The molecule has 2 atom stereocenters. The van der Waals surface area contributed by atoms with Gasteiger partial charge in [0.1, 0.15) is 6.61 Å². The molecule has 1 aromatic rings. The fourth-order valence-electron chi connectivity index (χ4n) is 3.22. The van der Waals surface area contributed by atoms with Gasteiger partial charge in [-0.2, -0.15) is 0 Å². The predicted molar refractivity (Wildman–Crippen MR) is 131 cm³/mol. The van der Waals surface area contributed by atoms with Gasteiger partial charge in [0, 0.05) is 19.5 Å². The zero-order valence-electron chi connectivity index (χ0n) is 20.2. The SMILES string of the molecule is C=CC[C@H](CC(=O)NCCOCCO)C(=O)N[C@H](CO)CCCCNC(=O)OCc1ccccc1. The first kappa shape index (κ1) is 30.1. The second-order valence-electron chi connectivity index (χ2n) is 7.98. The lowest BCUT2D eigenvalue weighted by atomic mass is 9.98. The van der Waals surface area contributed by atoms with Gasteiger partial charge in [-0.1, -0.05) is 36.4 Å². The van der Waals surface area contributed by atoms with Crippen molar-refractivity contribution >= 4 is 17.9 Å². The molecule has 1 aromatic carbocycles. The quantitative estimate of drug-likeness (QED) is 0.144. The summed E-state index contributed by atoms with van der Waals surface area (Å²) in [5, 5.41) is 26.5. The Morgan fingerprint density at radius 2 is 1.80 bits per heavy atom. The molecule has 0 heterocycles. The van der Waals surface area contributed by atoms with Gasteiger partial charge in [0.05, 0.1) is 38.4 Å². The third-order valence-electron chi connectivity index (χ3n) is 5.09. The number of carbonyl (C=O) groups excluding carboxylic acids is 3. The summed E-state index contributed by atoms with van der Waals surface area (Å²) in [5.74, 6) is -1.20. The van der Waals surface area contributed by atoms with E-state index in [0.717, 1.165) is 5.56 Å². The van der Waals surface area contributed by atoms with Crippen LogP contribution >= 0.6 is 0 Å². The van der Waals surface area contributed by atoms with Crippen LogP contribution in [0.4, 0.5) is 4.79 Å². The fourth-order valence-corrected chi connectivity index (χ4v) is 3.22. The molecule has 35 heavy (non-hydrogen) atoms. The van der Waals surface area contributed by atoms with Crippen molar-refractivity contribution in [1.82, 2.24) is 16.0 Å². The summed E-state index contributed by atoms with van der Waals surface area (Å²) < 4.78 is 10.2. The van der Waals surface area contributed by atoms with Crippen molar-refractivity contribution in [1.29, 1.82) is 0 Å². The van der Waals surface area contributed by atoms with Gasteiger partial charge in [0.2, 0.25) is 11.8 Å². The molecule has 0 unspecified atom stereocenters. The van der Waals surface area contributed by atoms with Crippen LogP contribution < -0.4 is 16.0 Å². The molecule has 0 saturated carbocycles. The standard InChI is InChI=1S/C25H39N3O7/c1-2-8-21(17-23(31)26-13-15-34-16-14-29)24(32)28-22(18-30)11-6-7-12-27-25(33)35-19-20-9-4-3-5-10-20/h2-5,9-10,21-22,29-30H,1,6-8,11-19H2,(H,26,31)(H,27,33)(H,28,32)/t21-,22+/m1/s1. The molecule has 1 rings (SSSR count). The van der Waals surface area contributed by atoms with Crippen molar-refractivity contribution in [2.45, 2.75) is 44.8 Å². The van der Waals surface area contributed by atoms with Crippen LogP contribution in [0.25, 0.3) is 0 Å². The second-order valence-corrected chi connectivity index (χ2v) is 7.98. The third kappa shape index (κ3) is 14.8. The lowest BCUT2D eigenvalue weighted by molar-refractivity contribution is -0.131. The Hall–Kier alpha value is -2.95. The number of carbonyl (C=O) groups is 3. The van der Waals surface area contributed by atoms with Crippen LogP contribution in [-0.2, 0) is 25.7 Å². The van der Waals surface area contributed by atoms with Crippen molar-refractivity contribution in [3.63, 3.8) is 0 Å². The molecule has 0 aromatic heterocycles. The van der Waals surface area contributed by atoms with Crippen LogP contribution in [0.15, 0.2) is 43.0 Å². The number of allylic oxidation sites excluding steroid dienone is 1. The highest BCUT2D eigenvalue weighted by Gasteiger charge is 2.23. The maximum Gasteiger partial charge on any atom is 0.407 e. The first-order valence-electron chi connectivity index (χ1n) is 11.9. The van der Waals surface area contributed by atoms with E-state index in [1.165, 1.54) is 0 Å². The van der Waals surface area contributed by atoms with Crippen LogP contribution in [0.3, 0.4) is 0 Å². The minimum Gasteiger partial charge on any atom is -0.445 e. The summed E-state index contributed by atoms with van der Waals surface area (Å²) >= 11 is 0. The van der Waals surface area contributed by atoms with E-state index in [4.69, 9.17) is 14.6 Å². The van der Waals surface area contributed by atoms with E-state index in [-0.39, 0.29) is 57.8 Å². The first-order chi connectivity index (χ1) is 17.0. The molecule has 10 nitrogen and oxygen atoms in total. The Bertz CT molecular complexity index is 746. The smallest absolute Gasteiger partial charge is 0.407 e. The molecule has 0 aliphatic heterocycles. The van der Waals surface area contributed by atoms with Gasteiger partial charge in [0.25, 0.3) is 0 Å². The molecule has 0 aliphatic carbocycles. The van der Waals surface area contributed by atoms with Crippen LogP contribution in [0.2, 0.25) is 0 Å². The van der Waals surface area contributed by atoms with E-state index in [2.05, 4.69) is 22.5 Å². The van der Waals surface area contributed by atoms with E-state index in [1.54, 1.807) is 6.08 Å². The molecule has 3 amide bonds. The molecule has 0 aliphatic rings. The van der Waals surface area contributed by atoms with E-state index < -0.39 is 18.1 Å². The monoisotopic (exact) mass is 493 g/mol. The average molecular weight is 494 g/mol.